The van der Waals surface area contributed by atoms with E-state index < -0.39 is 12.0 Å². The number of carbonyl (C=O) groups excluding carboxylic acids is 1. The number of carbonyl (C=O) groups is 1. The zero-order valence-corrected chi connectivity index (χ0v) is 25.4. The molecule has 3 aromatic carbocycles. The third kappa shape index (κ3) is 5.67. The second-order valence-corrected chi connectivity index (χ2v) is 11.7. The van der Waals surface area contributed by atoms with Gasteiger partial charge in [-0.2, -0.15) is 0 Å². The van der Waals surface area contributed by atoms with E-state index in [0.717, 1.165) is 11.1 Å². The van der Waals surface area contributed by atoms with Gasteiger partial charge in [0.05, 0.1) is 33.4 Å². The lowest BCUT2D eigenvalue weighted by Crippen LogP contribution is -2.40. The molecule has 1 atom stereocenters. The average molecular weight is 658 g/mol. The Hall–Kier alpha value is -3.17. The molecule has 0 aliphatic carbocycles. The first-order valence-electron chi connectivity index (χ1n) is 12.3. The van der Waals surface area contributed by atoms with Crippen molar-refractivity contribution in [3.63, 3.8) is 0 Å². The van der Waals surface area contributed by atoms with E-state index in [1.165, 1.54) is 18.4 Å². The highest BCUT2D eigenvalue weighted by atomic mass is 79.9. The molecule has 2 heterocycles. The molecule has 0 amide bonds. The number of nitrogens with zero attached hydrogens (tertiary/aromatic N) is 2. The maximum absolute atomic E-state index is 14.0. The minimum Gasteiger partial charge on any atom is -0.487 e. The number of aromatic nitrogens is 1. The van der Waals surface area contributed by atoms with Crippen LogP contribution in [0.3, 0.4) is 0 Å². The summed E-state index contributed by atoms with van der Waals surface area (Å²) in [7, 11) is 1.33. The van der Waals surface area contributed by atoms with Crippen LogP contribution in [-0.4, -0.2) is 17.6 Å². The molecule has 1 aromatic heterocycles. The first-order chi connectivity index (χ1) is 19.3. The molecule has 0 spiro atoms. The molecule has 0 radical (unpaired) electrons. The van der Waals surface area contributed by atoms with Crippen LogP contribution < -0.4 is 19.6 Å². The normalized spacial score (nSPS) is 15.0. The Kier molecular flexibility index (Phi) is 8.61. The van der Waals surface area contributed by atoms with E-state index in [4.69, 9.17) is 37.7 Å². The number of esters is 1. The van der Waals surface area contributed by atoms with Gasteiger partial charge < -0.3 is 9.47 Å². The van der Waals surface area contributed by atoms with Crippen molar-refractivity contribution in [2.75, 3.05) is 7.11 Å². The molecule has 5 rings (SSSR count). The summed E-state index contributed by atoms with van der Waals surface area (Å²) < 4.78 is 13.9. The molecule has 0 saturated carbocycles. The summed E-state index contributed by atoms with van der Waals surface area (Å²) in [6.07, 6.45) is 2.24. The molecule has 4 aromatic rings. The summed E-state index contributed by atoms with van der Waals surface area (Å²) in [6, 6.07) is 19.6. The highest BCUT2D eigenvalue weighted by molar-refractivity contribution is 9.10. The molecule has 0 saturated heterocycles. The minimum absolute atomic E-state index is 0.263. The van der Waals surface area contributed by atoms with Gasteiger partial charge in [0.25, 0.3) is 5.56 Å². The summed E-state index contributed by atoms with van der Waals surface area (Å²) in [5.41, 5.74) is 2.95. The van der Waals surface area contributed by atoms with Gasteiger partial charge in [0.15, 0.2) is 4.80 Å². The Morgan fingerprint density at radius 3 is 2.58 bits per heavy atom. The van der Waals surface area contributed by atoms with Crippen molar-refractivity contribution >= 4 is 62.5 Å². The van der Waals surface area contributed by atoms with E-state index in [9.17, 15) is 9.59 Å². The highest BCUT2D eigenvalue weighted by Gasteiger charge is 2.33. The summed E-state index contributed by atoms with van der Waals surface area (Å²) in [5, 5.41) is 1.09. The number of halogens is 3. The van der Waals surface area contributed by atoms with Crippen LogP contribution >= 0.6 is 50.5 Å². The van der Waals surface area contributed by atoms with Crippen LogP contribution in [0.5, 0.6) is 5.75 Å². The predicted octanol–water partition coefficient (Wildman–Crippen LogP) is 6.45. The van der Waals surface area contributed by atoms with Crippen molar-refractivity contribution in [1.29, 1.82) is 0 Å². The van der Waals surface area contributed by atoms with E-state index in [2.05, 4.69) is 15.9 Å². The Morgan fingerprint density at radius 2 is 1.88 bits per heavy atom. The molecule has 10 heteroatoms. The van der Waals surface area contributed by atoms with Gasteiger partial charge in [0.2, 0.25) is 0 Å². The predicted molar refractivity (Wildman–Crippen MR) is 162 cm³/mol. The summed E-state index contributed by atoms with van der Waals surface area (Å²) in [6.45, 7) is 2.19. The SMILES string of the molecule is CCC1=C(C(=O)OC)[C@H](c2ccccc2)n2c(s/c(=C/c3cc(Cl)cc(Br)c3OCc3cccc(Cl)c3)c2=O)=N1. The van der Waals surface area contributed by atoms with Crippen LogP contribution in [0.15, 0.2) is 92.3 Å². The van der Waals surface area contributed by atoms with E-state index in [0.29, 0.717) is 52.9 Å². The molecular weight excluding hydrogens is 635 g/mol. The smallest absolute Gasteiger partial charge is 0.338 e. The van der Waals surface area contributed by atoms with Crippen LogP contribution in [0.1, 0.15) is 36.1 Å². The molecule has 0 N–H and O–H groups in total. The van der Waals surface area contributed by atoms with Crippen LogP contribution in [-0.2, 0) is 16.1 Å². The van der Waals surface area contributed by atoms with Crippen molar-refractivity contribution in [2.45, 2.75) is 26.0 Å². The van der Waals surface area contributed by atoms with Crippen molar-refractivity contribution in [2.24, 2.45) is 4.99 Å². The molecule has 0 bridgehead atoms. The van der Waals surface area contributed by atoms with Gasteiger partial charge >= 0.3 is 5.97 Å². The number of hydrogen-bond donors (Lipinski definition) is 0. The average Bonchev–Trinajstić information content (AvgIpc) is 3.25. The second kappa shape index (κ2) is 12.1. The fourth-order valence-corrected chi connectivity index (χ4v) is 6.75. The molecule has 40 heavy (non-hydrogen) atoms. The van der Waals surface area contributed by atoms with Gasteiger partial charge in [-0.25, -0.2) is 9.79 Å². The van der Waals surface area contributed by atoms with Gasteiger partial charge in [-0.1, -0.05) is 83.9 Å². The number of hydrogen-bond acceptors (Lipinski definition) is 6. The number of methoxy groups -OCH3 is 1. The molecule has 6 nitrogen and oxygen atoms in total. The lowest BCUT2D eigenvalue weighted by atomic mass is 9.95. The monoisotopic (exact) mass is 656 g/mol. The van der Waals surface area contributed by atoms with Crippen LogP contribution in [0.2, 0.25) is 10.0 Å². The Morgan fingerprint density at radius 1 is 1.10 bits per heavy atom. The third-order valence-electron chi connectivity index (χ3n) is 6.36. The Labute approximate surface area is 252 Å². The van der Waals surface area contributed by atoms with Crippen molar-refractivity contribution in [1.82, 2.24) is 4.57 Å². The van der Waals surface area contributed by atoms with Gasteiger partial charge in [-0.3, -0.25) is 9.36 Å². The fraction of sp³-hybridized carbons (Fsp3) is 0.167. The van der Waals surface area contributed by atoms with Crippen LogP contribution in [0, 0.1) is 0 Å². The molecule has 0 fully saturated rings. The van der Waals surface area contributed by atoms with E-state index in [1.807, 2.05) is 55.5 Å². The van der Waals surface area contributed by atoms with Gasteiger partial charge in [0, 0.05) is 15.6 Å². The minimum atomic E-state index is -0.674. The van der Waals surface area contributed by atoms with Gasteiger partial charge in [-0.05, 0) is 63.8 Å². The van der Waals surface area contributed by atoms with E-state index >= 15 is 0 Å². The largest absolute Gasteiger partial charge is 0.487 e. The van der Waals surface area contributed by atoms with Crippen LogP contribution in [0.25, 0.3) is 6.08 Å². The van der Waals surface area contributed by atoms with Crippen LogP contribution in [0.4, 0.5) is 0 Å². The Bertz CT molecular complexity index is 1820. The molecule has 1 aliphatic heterocycles. The quantitative estimate of drug-likeness (QED) is 0.214. The molecule has 0 unspecified atom stereocenters. The lowest BCUT2D eigenvalue weighted by Gasteiger charge is -2.25. The number of rotatable bonds is 7. The molecule has 204 valence electrons. The van der Waals surface area contributed by atoms with Gasteiger partial charge in [0.1, 0.15) is 12.4 Å². The number of ether oxygens (including phenoxy) is 2. The fourth-order valence-electron chi connectivity index (χ4n) is 4.58. The number of allylic oxidation sites excluding steroid dienone is 1. The molecular formula is C30H23BrCl2N2O4S. The van der Waals surface area contributed by atoms with Crippen molar-refractivity contribution in [3.8, 4) is 5.75 Å². The third-order valence-corrected chi connectivity index (χ3v) is 8.39. The topological polar surface area (TPSA) is 69.9 Å². The zero-order valence-electron chi connectivity index (χ0n) is 21.5. The van der Waals surface area contributed by atoms with Crippen molar-refractivity contribution < 1.29 is 14.3 Å². The first-order valence-corrected chi connectivity index (χ1v) is 14.7. The first kappa shape index (κ1) is 28.4. The van der Waals surface area contributed by atoms with E-state index in [-0.39, 0.29) is 12.2 Å². The standard InChI is InChI=1S/C30H23BrCl2N2O4S/c1-3-23-25(29(37)38-2)26(18-9-5-4-6-10-18)35-28(36)24(40-30(35)34-23)14-19-13-21(33)15-22(31)27(19)39-16-17-8-7-11-20(32)12-17/h4-15,26H,3,16H2,1-2H3/b24-14+/t26-/m0/s1. The number of benzene rings is 3. The Balaban J connectivity index is 1.66. The lowest BCUT2D eigenvalue weighted by molar-refractivity contribution is -0.136. The van der Waals surface area contributed by atoms with Gasteiger partial charge in [-0.15, -0.1) is 0 Å². The van der Waals surface area contributed by atoms with Crippen molar-refractivity contribution in [3.05, 3.63) is 129 Å². The zero-order chi connectivity index (χ0) is 28.4. The molecule has 1 aliphatic rings. The summed E-state index contributed by atoms with van der Waals surface area (Å²) >= 11 is 17.3. The van der Waals surface area contributed by atoms with E-state index in [1.54, 1.807) is 28.8 Å². The highest BCUT2D eigenvalue weighted by Crippen LogP contribution is 2.35. The number of thiazole rings is 1. The summed E-state index contributed by atoms with van der Waals surface area (Å²) in [4.78, 5) is 32.1. The number of fused-ring (bicyclic) bond motifs is 1. The maximum atomic E-state index is 14.0. The second-order valence-electron chi connectivity index (χ2n) is 8.92. The summed E-state index contributed by atoms with van der Waals surface area (Å²) in [5.74, 6) is 0.0125. The maximum Gasteiger partial charge on any atom is 0.338 e.